The largest absolute Gasteiger partial charge is 0.455 e. The first-order valence-electron chi connectivity index (χ1n) is 9.79. The summed E-state index contributed by atoms with van der Waals surface area (Å²) in [5.41, 5.74) is 0.820. The van der Waals surface area contributed by atoms with E-state index in [4.69, 9.17) is 4.74 Å². The van der Waals surface area contributed by atoms with Crippen LogP contribution in [0.4, 0.5) is 11.4 Å². The average Bonchev–Trinajstić information content (AvgIpc) is 2.59. The van der Waals surface area contributed by atoms with Gasteiger partial charge in [0.1, 0.15) is 0 Å². The summed E-state index contributed by atoms with van der Waals surface area (Å²) in [5, 5.41) is 5.39. The Hall–Kier alpha value is -1.89. The van der Waals surface area contributed by atoms with E-state index in [-0.39, 0.29) is 28.7 Å². The molecule has 4 fully saturated rings. The first-order valence-corrected chi connectivity index (χ1v) is 10.6. The van der Waals surface area contributed by atoms with Gasteiger partial charge in [0.05, 0.1) is 5.41 Å². The fraction of sp³-hybridized carbons (Fsp3) is 0.571. The molecule has 28 heavy (non-hydrogen) atoms. The minimum absolute atomic E-state index is 0.0774. The number of benzene rings is 1. The predicted octanol–water partition coefficient (Wildman–Crippen LogP) is 3.86. The normalized spacial score (nSPS) is 32.6. The molecule has 0 saturated heterocycles. The van der Waals surface area contributed by atoms with Crippen LogP contribution >= 0.6 is 15.9 Å². The summed E-state index contributed by atoms with van der Waals surface area (Å²) in [7, 11) is 0. The van der Waals surface area contributed by atoms with Crippen LogP contribution in [0.15, 0.2) is 24.3 Å². The summed E-state index contributed by atoms with van der Waals surface area (Å²) < 4.78 is 5.53. The standard InChI is InChI=1S/C21H25BrN2O4/c1-13(25)23-16-2-4-17(5-3-16)24-18(26)11-28-19(27)20-7-14-6-15(8-20)10-21(22,9-14)12-20/h2-5,14-15H,6-12H2,1H3,(H,23,25)(H,24,26). The van der Waals surface area contributed by atoms with E-state index in [0.29, 0.717) is 23.2 Å². The maximum atomic E-state index is 12.9. The lowest BCUT2D eigenvalue weighted by atomic mass is 9.49. The van der Waals surface area contributed by atoms with Crippen LogP contribution < -0.4 is 10.6 Å². The Labute approximate surface area is 172 Å². The second-order valence-electron chi connectivity index (χ2n) is 8.78. The van der Waals surface area contributed by atoms with Crippen LogP contribution in [0, 0.1) is 17.3 Å². The minimum atomic E-state index is -0.423. The molecule has 0 aromatic heterocycles. The van der Waals surface area contributed by atoms with Crippen molar-refractivity contribution in [3.63, 3.8) is 0 Å². The fourth-order valence-corrected chi connectivity index (χ4v) is 7.16. The molecule has 6 nitrogen and oxygen atoms in total. The number of amides is 2. The summed E-state index contributed by atoms with van der Waals surface area (Å²) in [6.45, 7) is 1.16. The number of hydrogen-bond acceptors (Lipinski definition) is 4. The number of rotatable bonds is 5. The Morgan fingerprint density at radius 3 is 2.14 bits per heavy atom. The molecule has 4 bridgehead atoms. The van der Waals surface area contributed by atoms with Gasteiger partial charge in [-0.05, 0) is 74.6 Å². The highest BCUT2D eigenvalue weighted by Gasteiger charge is 2.60. The highest BCUT2D eigenvalue weighted by Crippen LogP contribution is 2.64. The zero-order valence-corrected chi connectivity index (χ0v) is 17.5. The number of ether oxygens (including phenoxy) is 1. The van der Waals surface area contributed by atoms with Crippen molar-refractivity contribution < 1.29 is 19.1 Å². The lowest BCUT2D eigenvalue weighted by molar-refractivity contribution is -0.170. The first-order chi connectivity index (χ1) is 13.3. The molecule has 7 heteroatoms. The van der Waals surface area contributed by atoms with Gasteiger partial charge in [-0.15, -0.1) is 0 Å². The maximum Gasteiger partial charge on any atom is 0.312 e. The van der Waals surface area contributed by atoms with Crippen LogP contribution in [0.2, 0.25) is 0 Å². The van der Waals surface area contributed by atoms with Crippen LogP contribution in [0.1, 0.15) is 45.4 Å². The monoisotopic (exact) mass is 448 g/mol. The van der Waals surface area contributed by atoms with Gasteiger partial charge in [0.25, 0.3) is 5.91 Å². The SMILES string of the molecule is CC(=O)Nc1ccc(NC(=O)COC(=O)C23CC4CC(CC(Br)(C4)C2)C3)cc1. The highest BCUT2D eigenvalue weighted by atomic mass is 79.9. The van der Waals surface area contributed by atoms with Gasteiger partial charge in [-0.2, -0.15) is 0 Å². The van der Waals surface area contributed by atoms with Gasteiger partial charge in [0, 0.05) is 22.6 Å². The Morgan fingerprint density at radius 2 is 1.61 bits per heavy atom. The Kier molecular flexibility index (Phi) is 4.98. The molecule has 0 heterocycles. The molecule has 5 rings (SSSR count). The van der Waals surface area contributed by atoms with Gasteiger partial charge in [-0.1, -0.05) is 15.9 Å². The number of hydrogen-bond donors (Lipinski definition) is 2. The third-order valence-corrected chi connectivity index (χ3v) is 7.17. The second kappa shape index (κ2) is 7.17. The number of anilines is 2. The van der Waals surface area contributed by atoms with Gasteiger partial charge in [-0.25, -0.2) is 0 Å². The Morgan fingerprint density at radius 1 is 1.04 bits per heavy atom. The number of esters is 1. The molecule has 150 valence electrons. The molecule has 1 aromatic rings. The van der Waals surface area contributed by atoms with E-state index in [1.807, 2.05) is 0 Å². The van der Waals surface area contributed by atoms with Gasteiger partial charge in [-0.3, -0.25) is 14.4 Å². The lowest BCUT2D eigenvalue weighted by Gasteiger charge is -2.58. The lowest BCUT2D eigenvalue weighted by Crippen LogP contribution is -2.56. The van der Waals surface area contributed by atoms with E-state index in [1.165, 1.54) is 13.3 Å². The van der Waals surface area contributed by atoms with Crippen molar-refractivity contribution in [2.24, 2.45) is 17.3 Å². The van der Waals surface area contributed by atoms with Crippen molar-refractivity contribution >= 4 is 45.1 Å². The molecule has 2 N–H and O–H groups in total. The van der Waals surface area contributed by atoms with E-state index in [1.54, 1.807) is 24.3 Å². The molecule has 1 aromatic carbocycles. The first kappa shape index (κ1) is 19.4. The summed E-state index contributed by atoms with van der Waals surface area (Å²) in [5.74, 6) is 0.437. The zero-order valence-electron chi connectivity index (χ0n) is 15.9. The van der Waals surface area contributed by atoms with Gasteiger partial charge in [0.15, 0.2) is 6.61 Å². The van der Waals surface area contributed by atoms with Crippen LogP contribution in [0.5, 0.6) is 0 Å². The summed E-state index contributed by atoms with van der Waals surface area (Å²) in [6.07, 6.45) is 6.11. The van der Waals surface area contributed by atoms with Crippen molar-refractivity contribution in [1.29, 1.82) is 0 Å². The van der Waals surface area contributed by atoms with Crippen molar-refractivity contribution in [2.45, 2.75) is 49.8 Å². The number of halogens is 1. The fourth-order valence-electron chi connectivity index (χ4n) is 5.71. The van der Waals surface area contributed by atoms with E-state index in [9.17, 15) is 14.4 Å². The molecule has 0 aliphatic heterocycles. The summed E-state index contributed by atoms with van der Waals surface area (Å²) in [6, 6.07) is 6.79. The van der Waals surface area contributed by atoms with Crippen LogP contribution in [0.25, 0.3) is 0 Å². The van der Waals surface area contributed by atoms with Gasteiger partial charge < -0.3 is 15.4 Å². The molecule has 4 aliphatic rings. The van der Waals surface area contributed by atoms with Crippen LogP contribution in [-0.4, -0.2) is 28.7 Å². The molecule has 0 radical (unpaired) electrons. The smallest absolute Gasteiger partial charge is 0.312 e. The molecule has 2 unspecified atom stereocenters. The number of carbonyl (C=O) groups is 3. The van der Waals surface area contributed by atoms with E-state index in [2.05, 4.69) is 26.6 Å². The van der Waals surface area contributed by atoms with Crippen molar-refractivity contribution in [3.8, 4) is 0 Å². The molecular formula is C21H25BrN2O4. The van der Waals surface area contributed by atoms with Crippen LogP contribution in [0.3, 0.4) is 0 Å². The quantitative estimate of drug-likeness (QED) is 0.528. The van der Waals surface area contributed by atoms with Crippen molar-refractivity contribution in [2.75, 3.05) is 17.2 Å². The Balaban J connectivity index is 1.31. The third-order valence-electron chi connectivity index (χ3n) is 6.25. The van der Waals surface area contributed by atoms with Crippen LogP contribution in [-0.2, 0) is 19.1 Å². The molecular weight excluding hydrogens is 424 g/mol. The number of carbonyl (C=O) groups excluding carboxylic acids is 3. The summed E-state index contributed by atoms with van der Waals surface area (Å²) in [4.78, 5) is 36.1. The van der Waals surface area contributed by atoms with E-state index >= 15 is 0 Å². The topological polar surface area (TPSA) is 84.5 Å². The highest BCUT2D eigenvalue weighted by molar-refractivity contribution is 9.10. The zero-order chi connectivity index (χ0) is 19.9. The van der Waals surface area contributed by atoms with Crippen molar-refractivity contribution in [3.05, 3.63) is 24.3 Å². The number of alkyl halides is 1. The average molecular weight is 449 g/mol. The minimum Gasteiger partial charge on any atom is -0.455 e. The Bertz CT molecular complexity index is 793. The molecule has 2 amide bonds. The predicted molar refractivity (Wildman–Crippen MR) is 109 cm³/mol. The molecule has 4 saturated carbocycles. The third kappa shape index (κ3) is 3.95. The number of nitrogens with one attached hydrogen (secondary N) is 2. The van der Waals surface area contributed by atoms with E-state index in [0.717, 1.165) is 32.1 Å². The molecule has 2 atom stereocenters. The van der Waals surface area contributed by atoms with E-state index < -0.39 is 5.41 Å². The molecule has 0 spiro atoms. The van der Waals surface area contributed by atoms with Gasteiger partial charge in [0.2, 0.25) is 5.91 Å². The van der Waals surface area contributed by atoms with Gasteiger partial charge >= 0.3 is 5.97 Å². The van der Waals surface area contributed by atoms with Crippen molar-refractivity contribution in [1.82, 2.24) is 0 Å². The molecule has 4 aliphatic carbocycles. The maximum absolute atomic E-state index is 12.9. The second-order valence-corrected chi connectivity index (χ2v) is 10.5. The summed E-state index contributed by atoms with van der Waals surface area (Å²) >= 11 is 3.89.